The molecule has 0 bridgehead atoms. The third-order valence-corrected chi connectivity index (χ3v) is 4.04. The minimum Gasteiger partial charge on any atom is -0.456 e. The Hall–Kier alpha value is -2.57. The van der Waals surface area contributed by atoms with Crippen LogP contribution in [-0.4, -0.2) is 42.1 Å². The molecule has 0 spiro atoms. The van der Waals surface area contributed by atoms with Crippen LogP contribution in [0.3, 0.4) is 0 Å². The van der Waals surface area contributed by atoms with Crippen molar-refractivity contribution in [3.8, 4) is 0 Å². The molecule has 2 unspecified atom stereocenters. The zero-order valence-electron chi connectivity index (χ0n) is 15.6. The average molecular weight is 362 g/mol. The van der Waals surface area contributed by atoms with Crippen molar-refractivity contribution in [3.05, 3.63) is 29.8 Å². The number of benzene rings is 1. The number of amides is 1. The molecule has 1 amide bonds. The minimum absolute atomic E-state index is 0.0185. The van der Waals surface area contributed by atoms with Crippen molar-refractivity contribution in [1.29, 1.82) is 0 Å². The first kappa shape index (κ1) is 19.8. The zero-order chi connectivity index (χ0) is 19.3. The predicted molar refractivity (Wildman–Crippen MR) is 96.9 cm³/mol. The van der Waals surface area contributed by atoms with Crippen molar-refractivity contribution >= 4 is 24.0 Å². The van der Waals surface area contributed by atoms with Gasteiger partial charge < -0.3 is 20.1 Å². The maximum absolute atomic E-state index is 12.6. The highest BCUT2D eigenvalue weighted by molar-refractivity contribution is 5.91. The van der Waals surface area contributed by atoms with Crippen molar-refractivity contribution in [2.75, 3.05) is 5.32 Å². The number of hydrogen-bond acceptors (Lipinski definition) is 6. The Morgan fingerprint density at radius 1 is 1.35 bits per heavy atom. The van der Waals surface area contributed by atoms with Crippen molar-refractivity contribution in [1.82, 2.24) is 5.32 Å². The van der Waals surface area contributed by atoms with E-state index in [4.69, 9.17) is 9.47 Å². The fourth-order valence-electron chi connectivity index (χ4n) is 2.92. The van der Waals surface area contributed by atoms with E-state index in [1.165, 1.54) is 0 Å². The molecule has 1 aromatic rings. The smallest absolute Gasteiger partial charge is 0.408 e. The molecule has 7 nitrogen and oxygen atoms in total. The van der Waals surface area contributed by atoms with Crippen LogP contribution in [0.25, 0.3) is 0 Å². The van der Waals surface area contributed by atoms with Crippen LogP contribution in [0.15, 0.2) is 24.3 Å². The quantitative estimate of drug-likeness (QED) is 0.724. The second kappa shape index (κ2) is 8.21. The van der Waals surface area contributed by atoms with Crippen LogP contribution in [-0.2, 0) is 25.5 Å². The summed E-state index contributed by atoms with van der Waals surface area (Å²) in [4.78, 5) is 35.3. The lowest BCUT2D eigenvalue weighted by Crippen LogP contribution is -2.47. The number of ketones is 1. The Morgan fingerprint density at radius 3 is 2.65 bits per heavy atom. The summed E-state index contributed by atoms with van der Waals surface area (Å²) in [6.07, 6.45) is -0.554. The van der Waals surface area contributed by atoms with Gasteiger partial charge in [-0.3, -0.25) is 9.59 Å². The number of hydrogen-bond donors (Lipinski definition) is 2. The summed E-state index contributed by atoms with van der Waals surface area (Å²) in [6.45, 7) is 7.03. The van der Waals surface area contributed by atoms with E-state index in [1.807, 2.05) is 24.3 Å². The van der Waals surface area contributed by atoms with Crippen LogP contribution in [0.5, 0.6) is 0 Å². The maximum atomic E-state index is 12.6. The molecule has 0 aromatic heterocycles. The van der Waals surface area contributed by atoms with Crippen molar-refractivity contribution in [2.45, 2.75) is 64.3 Å². The second-order valence-electron chi connectivity index (χ2n) is 7.43. The zero-order valence-corrected chi connectivity index (χ0v) is 15.6. The third kappa shape index (κ3) is 5.47. The number of rotatable bonds is 7. The molecule has 1 aliphatic rings. The average Bonchev–Trinajstić information content (AvgIpc) is 2.94. The largest absolute Gasteiger partial charge is 0.456 e. The van der Waals surface area contributed by atoms with Crippen LogP contribution < -0.4 is 10.6 Å². The lowest BCUT2D eigenvalue weighted by Gasteiger charge is -2.24. The van der Waals surface area contributed by atoms with Gasteiger partial charge in [0.05, 0.1) is 6.04 Å². The molecule has 1 heterocycles. The number of fused-ring (bicyclic) bond motifs is 1. The topological polar surface area (TPSA) is 93.7 Å². The molecule has 142 valence electrons. The van der Waals surface area contributed by atoms with Gasteiger partial charge in [0.1, 0.15) is 5.60 Å². The monoisotopic (exact) mass is 362 g/mol. The molecule has 0 aliphatic carbocycles. The van der Waals surface area contributed by atoms with Crippen LogP contribution in [0, 0.1) is 0 Å². The first-order valence-corrected chi connectivity index (χ1v) is 8.66. The Kier molecular flexibility index (Phi) is 6.23. The SMILES string of the molecule is C[C@H](NC(=O)OC(C)(C)C)C(=O)C(CC1Cc2ccccc2N1)OC=O. The maximum Gasteiger partial charge on any atom is 0.408 e. The summed E-state index contributed by atoms with van der Waals surface area (Å²) in [5.74, 6) is -0.374. The Morgan fingerprint density at radius 2 is 2.04 bits per heavy atom. The fourth-order valence-corrected chi connectivity index (χ4v) is 2.92. The first-order valence-electron chi connectivity index (χ1n) is 8.66. The minimum atomic E-state index is -0.941. The molecule has 2 N–H and O–H groups in total. The molecule has 7 heteroatoms. The van der Waals surface area contributed by atoms with E-state index >= 15 is 0 Å². The van der Waals surface area contributed by atoms with Crippen molar-refractivity contribution in [2.24, 2.45) is 0 Å². The Labute approximate surface area is 153 Å². The van der Waals surface area contributed by atoms with Gasteiger partial charge in [0.25, 0.3) is 6.47 Å². The van der Waals surface area contributed by atoms with Crippen molar-refractivity contribution < 1.29 is 23.9 Å². The standard InChI is InChI=1S/C19H26N2O5/c1-12(20-18(24)26-19(2,3)4)17(23)16(25-11-22)10-14-9-13-7-5-6-8-15(13)21-14/h5-8,11-12,14,16,21H,9-10H2,1-4H3,(H,20,24)/t12-,14?,16?/m0/s1. The third-order valence-electron chi connectivity index (χ3n) is 4.04. The highest BCUT2D eigenvalue weighted by atomic mass is 16.6. The van der Waals surface area contributed by atoms with E-state index in [0.717, 1.165) is 17.7 Å². The van der Waals surface area contributed by atoms with Gasteiger partial charge in [-0.25, -0.2) is 4.79 Å². The molecule has 1 aliphatic heterocycles. The highest BCUT2D eigenvalue weighted by Gasteiger charge is 2.32. The molecular weight excluding hydrogens is 336 g/mol. The number of anilines is 1. The van der Waals surface area contributed by atoms with E-state index in [2.05, 4.69) is 10.6 Å². The lowest BCUT2D eigenvalue weighted by molar-refractivity contribution is -0.145. The van der Waals surface area contributed by atoms with Gasteiger partial charge in [-0.1, -0.05) is 18.2 Å². The lowest BCUT2D eigenvalue weighted by atomic mass is 9.99. The normalized spacial score (nSPS) is 18.1. The number of alkyl carbamates (subject to hydrolysis) is 1. The van der Waals surface area contributed by atoms with Gasteiger partial charge >= 0.3 is 6.09 Å². The van der Waals surface area contributed by atoms with Crippen LogP contribution in [0.4, 0.5) is 10.5 Å². The summed E-state index contributed by atoms with van der Waals surface area (Å²) in [5.41, 5.74) is 1.52. The molecule has 0 fully saturated rings. The second-order valence-corrected chi connectivity index (χ2v) is 7.43. The first-order chi connectivity index (χ1) is 12.2. The van der Waals surface area contributed by atoms with E-state index in [-0.39, 0.29) is 18.3 Å². The summed E-state index contributed by atoms with van der Waals surface area (Å²) >= 11 is 0. The number of carbonyl (C=O) groups is 3. The highest BCUT2D eigenvalue weighted by Crippen LogP contribution is 2.27. The molecular formula is C19H26N2O5. The molecule has 26 heavy (non-hydrogen) atoms. The van der Waals surface area contributed by atoms with Gasteiger partial charge in [0.15, 0.2) is 11.9 Å². The van der Waals surface area contributed by atoms with E-state index < -0.39 is 23.8 Å². The number of ether oxygens (including phenoxy) is 2. The van der Waals surface area contributed by atoms with E-state index in [9.17, 15) is 14.4 Å². The van der Waals surface area contributed by atoms with Gasteiger partial charge in [-0.15, -0.1) is 0 Å². The molecule has 2 rings (SSSR count). The van der Waals surface area contributed by atoms with Crippen LogP contribution in [0.1, 0.15) is 39.7 Å². The van der Waals surface area contributed by atoms with E-state index in [1.54, 1.807) is 27.7 Å². The molecule has 1 aromatic carbocycles. The summed E-state index contributed by atoms with van der Waals surface area (Å²) < 4.78 is 10.2. The Bertz CT molecular complexity index is 643. The van der Waals surface area contributed by atoms with Crippen LogP contribution >= 0.6 is 0 Å². The number of carbonyl (C=O) groups excluding carboxylic acids is 3. The van der Waals surface area contributed by atoms with Gasteiger partial charge in [0, 0.05) is 18.2 Å². The van der Waals surface area contributed by atoms with Gasteiger partial charge in [0.2, 0.25) is 0 Å². The van der Waals surface area contributed by atoms with E-state index in [0.29, 0.717) is 6.42 Å². The summed E-state index contributed by atoms with van der Waals surface area (Å²) in [7, 11) is 0. The predicted octanol–water partition coefficient (Wildman–Crippen LogP) is 2.44. The fraction of sp³-hybridized carbons (Fsp3) is 0.526. The summed E-state index contributed by atoms with van der Waals surface area (Å²) in [5, 5.41) is 5.82. The number of nitrogens with one attached hydrogen (secondary N) is 2. The molecule has 0 radical (unpaired) electrons. The number of Topliss-reactive ketones (excluding diaryl/α,β-unsaturated/α-hetero) is 1. The number of para-hydroxylation sites is 1. The summed E-state index contributed by atoms with van der Waals surface area (Å²) in [6, 6.07) is 7.03. The molecule has 3 atom stereocenters. The molecule has 0 saturated carbocycles. The Balaban J connectivity index is 1.95. The van der Waals surface area contributed by atoms with Crippen LogP contribution in [0.2, 0.25) is 0 Å². The van der Waals surface area contributed by atoms with Crippen molar-refractivity contribution in [3.63, 3.8) is 0 Å². The van der Waals surface area contributed by atoms with Gasteiger partial charge in [-0.2, -0.15) is 0 Å². The van der Waals surface area contributed by atoms with Gasteiger partial charge in [-0.05, 0) is 45.7 Å². The molecule has 0 saturated heterocycles.